The molecule has 12 rings (SSSR count). The second kappa shape index (κ2) is 12.6. The second-order valence-electron chi connectivity index (χ2n) is 15.1. The Morgan fingerprint density at radius 3 is 1.71 bits per heavy atom. The first kappa shape index (κ1) is 32.8. The van der Waals surface area contributed by atoms with Gasteiger partial charge in [0.15, 0.2) is 5.69 Å². The maximum Gasteiger partial charge on any atom is 0.190 e. The first-order chi connectivity index (χ1) is 29.2. The summed E-state index contributed by atoms with van der Waals surface area (Å²) in [6, 6.07) is 68.5. The largest absolute Gasteiger partial charge is 0.309 e. The number of nitrogens with zero attached hydrogens (tertiary/aromatic N) is 5. The maximum absolute atomic E-state index is 11.0. The number of benzene rings is 9. The van der Waals surface area contributed by atoms with Gasteiger partial charge >= 0.3 is 0 Å². The van der Waals surface area contributed by atoms with E-state index in [9.17, 15) is 5.26 Å². The topological polar surface area (TPSA) is 42.9 Å². The fourth-order valence-corrected chi connectivity index (χ4v) is 9.56. The summed E-state index contributed by atoms with van der Waals surface area (Å²) in [6.07, 6.45) is 0. The van der Waals surface area contributed by atoms with Crippen LogP contribution in [-0.2, 0) is 0 Å². The molecule has 12 aromatic rings. The van der Waals surface area contributed by atoms with E-state index in [1.807, 2.05) is 12.1 Å². The molecule has 0 unspecified atom stereocenters. The van der Waals surface area contributed by atoms with Gasteiger partial charge in [0, 0.05) is 38.0 Å². The molecular formula is C54H31N5. The van der Waals surface area contributed by atoms with Crippen LogP contribution in [0.4, 0.5) is 5.69 Å². The molecule has 0 bridgehead atoms. The predicted molar refractivity (Wildman–Crippen MR) is 243 cm³/mol. The molecule has 0 aliphatic carbocycles. The summed E-state index contributed by atoms with van der Waals surface area (Å²) >= 11 is 0. The zero-order valence-corrected chi connectivity index (χ0v) is 31.6. The molecule has 3 aromatic heterocycles. The lowest BCUT2D eigenvalue weighted by molar-refractivity contribution is 1.09. The van der Waals surface area contributed by atoms with Crippen molar-refractivity contribution in [3.63, 3.8) is 0 Å². The van der Waals surface area contributed by atoms with Crippen molar-refractivity contribution in [2.45, 2.75) is 0 Å². The molecule has 0 amide bonds. The third kappa shape index (κ3) is 4.71. The number of fused-ring (bicyclic) bond motifs is 11. The predicted octanol–water partition coefficient (Wildman–Crippen LogP) is 14.2. The Morgan fingerprint density at radius 1 is 0.424 bits per heavy atom. The number of aromatic nitrogens is 3. The minimum atomic E-state index is 0.408. The molecule has 0 radical (unpaired) electrons. The molecule has 0 aliphatic rings. The van der Waals surface area contributed by atoms with Crippen molar-refractivity contribution in [3.05, 3.63) is 205 Å². The van der Waals surface area contributed by atoms with Crippen LogP contribution in [0.2, 0.25) is 0 Å². The van der Waals surface area contributed by atoms with Gasteiger partial charge in [-0.3, -0.25) is 0 Å². The van der Waals surface area contributed by atoms with Gasteiger partial charge in [-0.2, -0.15) is 5.26 Å². The Hall–Kier alpha value is -8.38. The van der Waals surface area contributed by atoms with Crippen LogP contribution in [0.5, 0.6) is 0 Å². The van der Waals surface area contributed by atoms with Crippen LogP contribution >= 0.6 is 0 Å². The Balaban J connectivity index is 1.21. The molecule has 0 aliphatic heterocycles. The summed E-state index contributed by atoms with van der Waals surface area (Å²) in [6.45, 7) is 8.22. The van der Waals surface area contributed by atoms with Crippen molar-refractivity contribution < 1.29 is 0 Å². The van der Waals surface area contributed by atoms with Crippen LogP contribution in [-0.4, -0.2) is 13.7 Å². The van der Waals surface area contributed by atoms with Crippen LogP contribution < -0.4 is 0 Å². The van der Waals surface area contributed by atoms with Gasteiger partial charge in [0.25, 0.3) is 0 Å². The average Bonchev–Trinajstić information content (AvgIpc) is 3.94. The lowest BCUT2D eigenvalue weighted by Gasteiger charge is -2.19. The Bertz CT molecular complexity index is 3760. The monoisotopic (exact) mass is 749 g/mol. The third-order valence-electron chi connectivity index (χ3n) is 12.0. The van der Waals surface area contributed by atoms with Crippen molar-refractivity contribution >= 4 is 81.9 Å². The molecule has 3 heterocycles. The van der Waals surface area contributed by atoms with Gasteiger partial charge in [-0.1, -0.05) is 121 Å². The molecular weight excluding hydrogens is 719 g/mol. The van der Waals surface area contributed by atoms with Crippen LogP contribution in [0.15, 0.2) is 188 Å². The lowest BCUT2D eigenvalue weighted by atomic mass is 10.0. The summed E-state index contributed by atoms with van der Waals surface area (Å²) in [5, 5.41) is 20.1. The normalized spacial score (nSPS) is 11.7. The van der Waals surface area contributed by atoms with Crippen molar-refractivity contribution in [2.24, 2.45) is 0 Å². The van der Waals surface area contributed by atoms with E-state index < -0.39 is 0 Å². The molecule has 0 saturated heterocycles. The van der Waals surface area contributed by atoms with E-state index in [1.165, 1.54) is 10.8 Å². The molecule has 0 fully saturated rings. The van der Waals surface area contributed by atoms with Gasteiger partial charge in [-0.15, -0.1) is 0 Å². The smallest absolute Gasteiger partial charge is 0.190 e. The number of para-hydroxylation sites is 3. The van der Waals surface area contributed by atoms with Gasteiger partial charge in [-0.05, 0) is 88.6 Å². The van der Waals surface area contributed by atoms with E-state index >= 15 is 0 Å². The number of nitriles is 1. The Labute approximate surface area is 338 Å². The van der Waals surface area contributed by atoms with E-state index in [-0.39, 0.29) is 0 Å². The van der Waals surface area contributed by atoms with Gasteiger partial charge in [0.2, 0.25) is 0 Å². The molecule has 0 spiro atoms. The highest BCUT2D eigenvalue weighted by Crippen LogP contribution is 2.44. The van der Waals surface area contributed by atoms with Crippen LogP contribution in [0, 0.1) is 17.9 Å². The van der Waals surface area contributed by atoms with E-state index in [1.54, 1.807) is 6.07 Å². The average molecular weight is 750 g/mol. The summed E-state index contributed by atoms with van der Waals surface area (Å²) in [4.78, 5) is 3.93. The van der Waals surface area contributed by atoms with Crippen LogP contribution in [0.25, 0.3) is 109 Å². The fourth-order valence-electron chi connectivity index (χ4n) is 9.56. The molecule has 0 saturated carbocycles. The summed E-state index contributed by atoms with van der Waals surface area (Å²) in [5.74, 6) is 0. The zero-order valence-electron chi connectivity index (χ0n) is 31.6. The summed E-state index contributed by atoms with van der Waals surface area (Å²) in [5.41, 5.74) is 11.9. The SMILES string of the molecule is [C-]#[N+]c1cc(C#N)c(-n2c3ccccc3c3cc(-c4ccccc4)ccc32)c(-n2c3ccc(-n4c5ccccc5c5ccccc54)cc3c3c4ccccc4ccc32)c1. The van der Waals surface area contributed by atoms with E-state index in [0.29, 0.717) is 11.3 Å². The molecule has 0 N–H and O–H groups in total. The quantitative estimate of drug-likeness (QED) is 0.165. The van der Waals surface area contributed by atoms with Gasteiger partial charge in [-0.25, -0.2) is 4.85 Å². The minimum absolute atomic E-state index is 0.408. The standard InChI is InChI=1S/C54H31N5/c1-56-38-29-37(33-55)54(59-48-22-12-9-19-43(48)44-30-36(24-26-49(44)59)34-13-3-2-4-14-34)52(31-38)58-50-28-25-39(32-45(50)53-40-16-6-5-15-35(40)23-27-51(53)58)57-46-20-10-7-17-41(46)42-18-8-11-21-47(42)57/h2-32H. The van der Waals surface area contributed by atoms with Crippen LogP contribution in [0.3, 0.4) is 0 Å². The van der Waals surface area contributed by atoms with Crippen molar-refractivity contribution in [2.75, 3.05) is 0 Å². The highest BCUT2D eigenvalue weighted by Gasteiger charge is 2.24. The number of hydrogen-bond donors (Lipinski definition) is 0. The van der Waals surface area contributed by atoms with Gasteiger partial charge < -0.3 is 13.7 Å². The van der Waals surface area contributed by atoms with Gasteiger partial charge in [0.05, 0.1) is 56.6 Å². The third-order valence-corrected chi connectivity index (χ3v) is 12.0. The second-order valence-corrected chi connectivity index (χ2v) is 15.1. The highest BCUT2D eigenvalue weighted by atomic mass is 15.1. The molecule has 272 valence electrons. The van der Waals surface area contributed by atoms with Crippen molar-refractivity contribution in [1.82, 2.24) is 13.7 Å². The van der Waals surface area contributed by atoms with Crippen LogP contribution in [0.1, 0.15) is 5.56 Å². The van der Waals surface area contributed by atoms with Crippen molar-refractivity contribution in [1.29, 1.82) is 5.26 Å². The minimum Gasteiger partial charge on any atom is -0.309 e. The fraction of sp³-hybridized carbons (Fsp3) is 0. The van der Waals surface area contributed by atoms with Crippen molar-refractivity contribution in [3.8, 4) is 34.3 Å². The molecule has 9 aromatic carbocycles. The first-order valence-electron chi connectivity index (χ1n) is 19.7. The molecule has 59 heavy (non-hydrogen) atoms. The van der Waals surface area contributed by atoms with E-state index in [2.05, 4.69) is 194 Å². The Kier molecular flexibility index (Phi) is 6.99. The molecule has 5 nitrogen and oxygen atoms in total. The lowest BCUT2D eigenvalue weighted by Crippen LogP contribution is -2.06. The number of hydrogen-bond acceptors (Lipinski definition) is 1. The molecule has 0 atom stereocenters. The first-order valence-corrected chi connectivity index (χ1v) is 19.7. The zero-order chi connectivity index (χ0) is 39.2. The highest BCUT2D eigenvalue weighted by molar-refractivity contribution is 6.22. The van der Waals surface area contributed by atoms with E-state index in [4.69, 9.17) is 6.57 Å². The maximum atomic E-state index is 11.0. The number of rotatable bonds is 4. The molecule has 5 heteroatoms. The Morgan fingerprint density at radius 2 is 1.00 bits per heavy atom. The van der Waals surface area contributed by atoms with Gasteiger partial charge in [0.1, 0.15) is 6.07 Å². The van der Waals surface area contributed by atoms with E-state index in [0.717, 1.165) is 93.6 Å². The summed E-state index contributed by atoms with van der Waals surface area (Å²) in [7, 11) is 0. The summed E-state index contributed by atoms with van der Waals surface area (Å²) < 4.78 is 6.86.